The zero-order valence-corrected chi connectivity index (χ0v) is 16.2. The second-order valence-electron chi connectivity index (χ2n) is 5.88. The van der Waals surface area contributed by atoms with E-state index in [2.05, 4.69) is 26.1 Å². The molecule has 2 aromatic heterocycles. The maximum absolute atomic E-state index is 12.2. The predicted octanol–water partition coefficient (Wildman–Crippen LogP) is 2.84. The fraction of sp³-hybridized carbons (Fsp3) is 0.400. The van der Waals surface area contributed by atoms with Gasteiger partial charge >= 0.3 is 6.03 Å². The number of carbonyl (C=O) groups excluding carboxylic acids is 2. The Labute approximate surface area is 163 Å². The van der Waals surface area contributed by atoms with Crippen LogP contribution in [0.25, 0.3) is 0 Å². The van der Waals surface area contributed by atoms with Gasteiger partial charge in [-0.15, -0.1) is 11.3 Å². The summed E-state index contributed by atoms with van der Waals surface area (Å²) in [4.78, 5) is 30.7. The summed E-state index contributed by atoms with van der Waals surface area (Å²) in [5, 5.41) is 14.7. The smallest absolute Gasteiger partial charge is 0.321 e. The minimum absolute atomic E-state index is 0.190. The molecule has 136 valence electrons. The van der Waals surface area contributed by atoms with Crippen molar-refractivity contribution in [1.29, 1.82) is 5.26 Å². The Morgan fingerprint density at radius 3 is 2.85 bits per heavy atom. The number of thiophene rings is 1. The van der Waals surface area contributed by atoms with Crippen LogP contribution in [0.5, 0.6) is 0 Å². The Kier molecular flexibility index (Phi) is 5.41. The highest BCUT2D eigenvalue weighted by Gasteiger charge is 2.52. The van der Waals surface area contributed by atoms with E-state index < -0.39 is 11.4 Å². The molecule has 2 heterocycles. The Bertz CT molecular complexity index is 870. The second kappa shape index (κ2) is 7.57. The summed E-state index contributed by atoms with van der Waals surface area (Å²) in [7, 11) is 1.62. The third kappa shape index (κ3) is 4.30. The van der Waals surface area contributed by atoms with E-state index in [-0.39, 0.29) is 12.5 Å². The van der Waals surface area contributed by atoms with Crippen molar-refractivity contribution in [2.45, 2.75) is 25.9 Å². The van der Waals surface area contributed by atoms with E-state index in [0.717, 1.165) is 16.4 Å². The van der Waals surface area contributed by atoms with Gasteiger partial charge in [-0.05, 0) is 25.0 Å². The highest BCUT2D eigenvalue weighted by atomic mass is 35.5. The molecule has 0 radical (unpaired) electrons. The molecular weight excluding hydrogens is 396 g/mol. The molecule has 2 N–H and O–H groups in total. The molecule has 0 atom stereocenters. The number of nitrogens with zero attached hydrogens (tertiary/aromatic N) is 4. The van der Waals surface area contributed by atoms with Crippen molar-refractivity contribution in [2.24, 2.45) is 5.41 Å². The van der Waals surface area contributed by atoms with E-state index in [1.165, 1.54) is 16.2 Å². The van der Waals surface area contributed by atoms with Crippen LogP contribution >= 0.6 is 34.5 Å². The maximum atomic E-state index is 12.2. The Hall–Kier alpha value is -2.22. The third-order valence-electron chi connectivity index (χ3n) is 3.84. The van der Waals surface area contributed by atoms with Crippen LogP contribution < -0.4 is 10.6 Å². The number of nitrogens with one attached hydrogen (secondary N) is 2. The summed E-state index contributed by atoms with van der Waals surface area (Å²) >= 11 is 8.27. The van der Waals surface area contributed by atoms with Crippen LogP contribution in [0.3, 0.4) is 0 Å². The quantitative estimate of drug-likeness (QED) is 0.760. The molecule has 0 saturated heterocycles. The molecular formula is C15H15ClN6O2S2. The van der Waals surface area contributed by atoms with Crippen molar-refractivity contribution in [1.82, 2.24) is 19.6 Å². The lowest BCUT2D eigenvalue weighted by Crippen LogP contribution is -2.33. The number of carbonyl (C=O) groups is 2. The summed E-state index contributed by atoms with van der Waals surface area (Å²) in [6.45, 7) is 0.554. The van der Waals surface area contributed by atoms with Gasteiger partial charge in [-0.1, -0.05) is 11.6 Å². The summed E-state index contributed by atoms with van der Waals surface area (Å²) in [6, 6.07) is 5.29. The van der Waals surface area contributed by atoms with Crippen LogP contribution in [0.1, 0.15) is 23.5 Å². The van der Waals surface area contributed by atoms with Crippen molar-refractivity contribution in [3.05, 3.63) is 27.2 Å². The number of aromatic nitrogens is 2. The van der Waals surface area contributed by atoms with Crippen molar-refractivity contribution in [3.8, 4) is 6.07 Å². The zero-order valence-electron chi connectivity index (χ0n) is 13.8. The van der Waals surface area contributed by atoms with Crippen molar-refractivity contribution in [3.63, 3.8) is 0 Å². The standard InChI is InChI=1S/C15H15ClN6O2S2/c1-22(12(23)15(8-17)4-5-15)7-11-19-14(26-21-11)20-13(24)18-6-9-2-3-10(16)25-9/h2-3H,4-7H2,1H3,(H2,18,19,20,21,24). The summed E-state index contributed by atoms with van der Waals surface area (Å²) in [5.41, 5.74) is -0.865. The molecule has 11 heteroatoms. The van der Waals surface area contributed by atoms with E-state index in [4.69, 9.17) is 16.9 Å². The van der Waals surface area contributed by atoms with E-state index in [9.17, 15) is 9.59 Å². The molecule has 8 nitrogen and oxygen atoms in total. The van der Waals surface area contributed by atoms with Gasteiger partial charge in [0.25, 0.3) is 0 Å². The van der Waals surface area contributed by atoms with Gasteiger partial charge in [0.2, 0.25) is 11.0 Å². The molecule has 3 amide bonds. The topological polar surface area (TPSA) is 111 Å². The second-order valence-corrected chi connectivity index (χ2v) is 8.44. The average Bonchev–Trinajstić information content (AvgIpc) is 3.13. The lowest BCUT2D eigenvalue weighted by Gasteiger charge is -2.17. The van der Waals surface area contributed by atoms with E-state index in [1.807, 2.05) is 6.07 Å². The first-order chi connectivity index (χ1) is 12.4. The van der Waals surface area contributed by atoms with Gasteiger partial charge in [-0.3, -0.25) is 10.1 Å². The normalized spacial score (nSPS) is 14.3. The molecule has 1 aliphatic rings. The van der Waals surface area contributed by atoms with Crippen LogP contribution in [-0.4, -0.2) is 33.2 Å². The molecule has 0 bridgehead atoms. The summed E-state index contributed by atoms with van der Waals surface area (Å²) in [6.07, 6.45) is 1.19. The zero-order chi connectivity index (χ0) is 18.7. The summed E-state index contributed by atoms with van der Waals surface area (Å²) in [5.74, 6) is 0.205. The van der Waals surface area contributed by atoms with Gasteiger partial charge in [0.1, 0.15) is 5.41 Å². The number of rotatable bonds is 6. The van der Waals surface area contributed by atoms with Crippen LogP contribution in [0.4, 0.5) is 9.93 Å². The molecule has 2 aromatic rings. The largest absolute Gasteiger partial charge is 0.337 e. The monoisotopic (exact) mass is 410 g/mol. The molecule has 26 heavy (non-hydrogen) atoms. The van der Waals surface area contributed by atoms with E-state index >= 15 is 0 Å². The average molecular weight is 411 g/mol. The van der Waals surface area contributed by atoms with Gasteiger partial charge in [0.15, 0.2) is 5.82 Å². The van der Waals surface area contributed by atoms with Gasteiger partial charge in [-0.25, -0.2) is 9.78 Å². The van der Waals surface area contributed by atoms with E-state index in [1.54, 1.807) is 13.1 Å². The van der Waals surface area contributed by atoms with Crippen molar-refractivity contribution >= 4 is 51.5 Å². The molecule has 0 unspecified atom stereocenters. The van der Waals surface area contributed by atoms with Gasteiger partial charge in [-0.2, -0.15) is 9.64 Å². The molecule has 0 aliphatic heterocycles. The van der Waals surface area contributed by atoms with Crippen molar-refractivity contribution < 1.29 is 9.59 Å². The van der Waals surface area contributed by atoms with Gasteiger partial charge in [0, 0.05) is 23.5 Å². The Morgan fingerprint density at radius 2 is 2.23 bits per heavy atom. The van der Waals surface area contributed by atoms with Gasteiger partial charge < -0.3 is 10.2 Å². The van der Waals surface area contributed by atoms with Crippen LogP contribution in [0.2, 0.25) is 4.34 Å². The molecule has 0 spiro atoms. The predicted molar refractivity (Wildman–Crippen MR) is 98.9 cm³/mol. The number of hydrogen-bond acceptors (Lipinski definition) is 7. The highest BCUT2D eigenvalue weighted by Crippen LogP contribution is 2.46. The van der Waals surface area contributed by atoms with E-state index in [0.29, 0.717) is 34.7 Å². The Balaban J connectivity index is 1.49. The fourth-order valence-electron chi connectivity index (χ4n) is 2.27. The first-order valence-electron chi connectivity index (χ1n) is 7.70. The highest BCUT2D eigenvalue weighted by molar-refractivity contribution is 7.16. The first-order valence-corrected chi connectivity index (χ1v) is 9.67. The lowest BCUT2D eigenvalue weighted by atomic mass is 10.1. The minimum Gasteiger partial charge on any atom is -0.337 e. The van der Waals surface area contributed by atoms with Crippen LogP contribution in [-0.2, 0) is 17.9 Å². The van der Waals surface area contributed by atoms with Crippen molar-refractivity contribution in [2.75, 3.05) is 12.4 Å². The Morgan fingerprint density at radius 1 is 1.46 bits per heavy atom. The SMILES string of the molecule is CN(Cc1nsc(NC(=O)NCc2ccc(Cl)s2)n1)C(=O)C1(C#N)CC1. The first kappa shape index (κ1) is 18.6. The lowest BCUT2D eigenvalue weighted by molar-refractivity contribution is -0.134. The molecule has 3 rings (SSSR count). The molecule has 1 fully saturated rings. The number of urea groups is 1. The van der Waals surface area contributed by atoms with Crippen LogP contribution in [0, 0.1) is 16.7 Å². The number of anilines is 1. The van der Waals surface area contributed by atoms with Crippen LogP contribution in [0.15, 0.2) is 12.1 Å². The molecule has 0 aromatic carbocycles. The number of halogens is 1. The molecule has 1 saturated carbocycles. The summed E-state index contributed by atoms with van der Waals surface area (Å²) < 4.78 is 4.80. The number of hydrogen-bond donors (Lipinski definition) is 2. The maximum Gasteiger partial charge on any atom is 0.321 e. The minimum atomic E-state index is -0.865. The third-order valence-corrected chi connectivity index (χ3v) is 5.74. The van der Waals surface area contributed by atoms with Gasteiger partial charge in [0.05, 0.1) is 23.5 Å². The fourth-order valence-corrected chi connectivity index (χ4v) is 3.87. The number of amides is 3. The number of nitriles is 1. The molecule has 1 aliphatic carbocycles.